The van der Waals surface area contributed by atoms with Crippen LogP contribution < -0.4 is 10.2 Å². The molecule has 128 valence electrons. The van der Waals surface area contributed by atoms with Crippen molar-refractivity contribution in [2.75, 3.05) is 37.6 Å². The Morgan fingerprint density at radius 1 is 1.12 bits per heavy atom. The molecule has 24 heavy (non-hydrogen) atoms. The van der Waals surface area contributed by atoms with Gasteiger partial charge in [0, 0.05) is 31.9 Å². The second-order valence-corrected chi connectivity index (χ2v) is 6.34. The number of nitrogens with zero attached hydrogens (tertiary/aromatic N) is 2. The summed E-state index contributed by atoms with van der Waals surface area (Å²) in [7, 11) is 0. The lowest BCUT2D eigenvalue weighted by atomic mass is 10.1. The molecule has 1 saturated heterocycles. The maximum atomic E-state index is 12.0. The number of hydrogen-bond acceptors (Lipinski definition) is 4. The quantitative estimate of drug-likeness (QED) is 0.916. The van der Waals surface area contributed by atoms with Crippen LogP contribution in [-0.2, 0) is 11.3 Å². The number of amides is 1. The van der Waals surface area contributed by atoms with Crippen molar-refractivity contribution in [3.63, 3.8) is 0 Å². The van der Waals surface area contributed by atoms with Crippen molar-refractivity contribution in [1.29, 1.82) is 0 Å². The van der Waals surface area contributed by atoms with Gasteiger partial charge in [-0.05, 0) is 43.2 Å². The first kappa shape index (κ1) is 16.6. The summed E-state index contributed by atoms with van der Waals surface area (Å²) in [6.07, 6.45) is 1.62. The van der Waals surface area contributed by atoms with Gasteiger partial charge >= 0.3 is 0 Å². The molecule has 0 atom stereocenters. The lowest BCUT2D eigenvalue weighted by molar-refractivity contribution is -0.122. The summed E-state index contributed by atoms with van der Waals surface area (Å²) in [6, 6.07) is 10.1. The van der Waals surface area contributed by atoms with Crippen LogP contribution in [0, 0.1) is 13.8 Å². The number of benzene rings is 1. The van der Waals surface area contributed by atoms with Gasteiger partial charge in [0.15, 0.2) is 0 Å². The Morgan fingerprint density at radius 2 is 1.92 bits per heavy atom. The molecule has 0 spiro atoms. The van der Waals surface area contributed by atoms with Crippen molar-refractivity contribution >= 4 is 11.6 Å². The van der Waals surface area contributed by atoms with E-state index in [1.54, 1.807) is 6.26 Å². The lowest BCUT2D eigenvalue weighted by Crippen LogP contribution is -2.49. The van der Waals surface area contributed by atoms with Gasteiger partial charge in [-0.25, -0.2) is 0 Å². The number of aryl methyl sites for hydroxylation is 1. The average Bonchev–Trinajstić information content (AvgIpc) is 3.10. The molecule has 1 N–H and O–H groups in total. The van der Waals surface area contributed by atoms with Crippen molar-refractivity contribution in [3.05, 3.63) is 53.5 Å². The number of carbonyl (C=O) groups excluding carboxylic acids is 1. The third kappa shape index (κ3) is 3.97. The van der Waals surface area contributed by atoms with Crippen LogP contribution in [0.5, 0.6) is 0 Å². The Hall–Kier alpha value is -2.27. The van der Waals surface area contributed by atoms with E-state index in [0.29, 0.717) is 13.1 Å². The van der Waals surface area contributed by atoms with Crippen LogP contribution in [0.3, 0.4) is 0 Å². The summed E-state index contributed by atoms with van der Waals surface area (Å²) in [6.45, 7) is 8.95. The number of furan rings is 1. The predicted octanol–water partition coefficient (Wildman–Crippen LogP) is 2.33. The van der Waals surface area contributed by atoms with E-state index in [1.165, 1.54) is 16.8 Å². The molecule has 0 radical (unpaired) electrons. The molecule has 1 aromatic carbocycles. The normalized spacial score (nSPS) is 15.5. The Bertz CT molecular complexity index is 674. The number of hydrogen-bond donors (Lipinski definition) is 1. The van der Waals surface area contributed by atoms with E-state index in [9.17, 15) is 4.79 Å². The highest BCUT2D eigenvalue weighted by molar-refractivity contribution is 5.78. The molecule has 1 aromatic heterocycles. The molecule has 5 nitrogen and oxygen atoms in total. The Kier molecular flexibility index (Phi) is 5.20. The summed E-state index contributed by atoms with van der Waals surface area (Å²) < 4.78 is 5.22. The number of rotatable bonds is 5. The second-order valence-electron chi connectivity index (χ2n) is 6.34. The van der Waals surface area contributed by atoms with E-state index >= 15 is 0 Å². The highest BCUT2D eigenvalue weighted by Crippen LogP contribution is 2.23. The fraction of sp³-hybridized carbons (Fsp3) is 0.421. The van der Waals surface area contributed by atoms with E-state index in [2.05, 4.69) is 47.2 Å². The molecule has 1 aliphatic heterocycles. The number of piperazine rings is 1. The average molecular weight is 327 g/mol. The first-order valence-corrected chi connectivity index (χ1v) is 8.46. The zero-order valence-corrected chi connectivity index (χ0v) is 14.4. The SMILES string of the molecule is Cc1cccc(N2CCN(CC(=O)NCc3ccco3)CC2)c1C. The van der Waals surface area contributed by atoms with E-state index in [4.69, 9.17) is 4.42 Å². The van der Waals surface area contributed by atoms with E-state index < -0.39 is 0 Å². The number of anilines is 1. The van der Waals surface area contributed by atoms with E-state index in [1.807, 2.05) is 12.1 Å². The van der Waals surface area contributed by atoms with Crippen LogP contribution in [0.4, 0.5) is 5.69 Å². The number of nitrogens with one attached hydrogen (secondary N) is 1. The van der Waals surface area contributed by atoms with Gasteiger partial charge in [-0.1, -0.05) is 12.1 Å². The summed E-state index contributed by atoms with van der Waals surface area (Å²) in [4.78, 5) is 16.7. The smallest absolute Gasteiger partial charge is 0.234 e. The fourth-order valence-corrected chi connectivity index (χ4v) is 3.08. The maximum Gasteiger partial charge on any atom is 0.234 e. The highest BCUT2D eigenvalue weighted by atomic mass is 16.3. The maximum absolute atomic E-state index is 12.0. The van der Waals surface area contributed by atoms with Gasteiger partial charge in [0.05, 0.1) is 19.4 Å². The minimum Gasteiger partial charge on any atom is -0.467 e. The topological polar surface area (TPSA) is 48.7 Å². The van der Waals surface area contributed by atoms with Crippen LogP contribution in [0.15, 0.2) is 41.0 Å². The van der Waals surface area contributed by atoms with Crippen LogP contribution in [0.1, 0.15) is 16.9 Å². The molecule has 2 aromatic rings. The van der Waals surface area contributed by atoms with Crippen molar-refractivity contribution in [3.8, 4) is 0 Å². The molecule has 2 heterocycles. The van der Waals surface area contributed by atoms with E-state index in [-0.39, 0.29) is 5.91 Å². The van der Waals surface area contributed by atoms with Crippen LogP contribution in [0.25, 0.3) is 0 Å². The van der Waals surface area contributed by atoms with Gasteiger partial charge in [0.25, 0.3) is 0 Å². The molecule has 3 rings (SSSR count). The third-order valence-corrected chi connectivity index (χ3v) is 4.70. The van der Waals surface area contributed by atoms with Gasteiger partial charge in [-0.15, -0.1) is 0 Å². The molecule has 0 bridgehead atoms. The van der Waals surface area contributed by atoms with Crippen molar-refractivity contribution < 1.29 is 9.21 Å². The molecule has 0 saturated carbocycles. The standard InChI is InChI=1S/C19H25N3O2/c1-15-5-3-7-18(16(15)2)22-10-8-21(9-11-22)14-19(23)20-13-17-6-4-12-24-17/h3-7,12H,8-11,13-14H2,1-2H3,(H,20,23). The van der Waals surface area contributed by atoms with Gasteiger partial charge < -0.3 is 14.6 Å². The molecule has 1 aliphatic rings. The van der Waals surface area contributed by atoms with Crippen molar-refractivity contribution in [1.82, 2.24) is 10.2 Å². The zero-order valence-electron chi connectivity index (χ0n) is 14.4. The van der Waals surface area contributed by atoms with Gasteiger partial charge in [-0.3, -0.25) is 9.69 Å². The zero-order chi connectivity index (χ0) is 16.9. The summed E-state index contributed by atoms with van der Waals surface area (Å²) in [5.41, 5.74) is 3.99. The molecule has 0 unspecified atom stereocenters. The number of carbonyl (C=O) groups is 1. The fourth-order valence-electron chi connectivity index (χ4n) is 3.08. The molecule has 0 aliphatic carbocycles. The second kappa shape index (κ2) is 7.53. The van der Waals surface area contributed by atoms with Crippen LogP contribution in [-0.4, -0.2) is 43.5 Å². The molecule has 1 amide bonds. The highest BCUT2D eigenvalue weighted by Gasteiger charge is 2.20. The van der Waals surface area contributed by atoms with Crippen molar-refractivity contribution in [2.45, 2.75) is 20.4 Å². The van der Waals surface area contributed by atoms with Gasteiger partial charge in [0.2, 0.25) is 5.91 Å². The molecular formula is C19H25N3O2. The Balaban J connectivity index is 1.46. The summed E-state index contributed by atoms with van der Waals surface area (Å²) in [5.74, 6) is 0.828. The summed E-state index contributed by atoms with van der Waals surface area (Å²) >= 11 is 0. The summed E-state index contributed by atoms with van der Waals surface area (Å²) in [5, 5.41) is 2.90. The minimum atomic E-state index is 0.0478. The first-order chi connectivity index (χ1) is 11.6. The Labute approximate surface area is 143 Å². The molecule has 1 fully saturated rings. The first-order valence-electron chi connectivity index (χ1n) is 8.46. The van der Waals surface area contributed by atoms with Gasteiger partial charge in [0.1, 0.15) is 5.76 Å². The Morgan fingerprint density at radius 3 is 2.62 bits per heavy atom. The van der Waals surface area contributed by atoms with Gasteiger partial charge in [-0.2, -0.15) is 0 Å². The monoisotopic (exact) mass is 327 g/mol. The van der Waals surface area contributed by atoms with Crippen LogP contribution in [0.2, 0.25) is 0 Å². The largest absolute Gasteiger partial charge is 0.467 e. The van der Waals surface area contributed by atoms with E-state index in [0.717, 1.165) is 31.9 Å². The molecule has 5 heteroatoms. The van der Waals surface area contributed by atoms with Crippen LogP contribution >= 0.6 is 0 Å². The molecular weight excluding hydrogens is 302 g/mol. The lowest BCUT2D eigenvalue weighted by Gasteiger charge is -2.36. The van der Waals surface area contributed by atoms with Crippen molar-refractivity contribution in [2.24, 2.45) is 0 Å². The minimum absolute atomic E-state index is 0.0478. The third-order valence-electron chi connectivity index (χ3n) is 4.70. The predicted molar refractivity (Wildman–Crippen MR) is 95.1 cm³/mol.